The number of fused-ring (bicyclic) bond motifs is 1. The number of aromatic nitrogens is 2. The minimum atomic E-state index is -0.0304. The molecule has 1 aromatic heterocycles. The van der Waals surface area contributed by atoms with Crippen molar-refractivity contribution in [3.63, 3.8) is 0 Å². The van der Waals surface area contributed by atoms with E-state index in [2.05, 4.69) is 26.5 Å². The van der Waals surface area contributed by atoms with Crippen LogP contribution in [0.5, 0.6) is 0 Å². The predicted molar refractivity (Wildman–Crippen MR) is 86.1 cm³/mol. The second kappa shape index (κ2) is 6.50. The lowest BCUT2D eigenvalue weighted by molar-refractivity contribution is 0.0767. The molecule has 0 unspecified atom stereocenters. The van der Waals surface area contributed by atoms with Crippen LogP contribution in [0.25, 0.3) is 0 Å². The third-order valence-electron chi connectivity index (χ3n) is 4.33. The van der Waals surface area contributed by atoms with E-state index in [4.69, 9.17) is 0 Å². The van der Waals surface area contributed by atoms with Gasteiger partial charge in [0, 0.05) is 36.7 Å². The van der Waals surface area contributed by atoms with Gasteiger partial charge in [-0.2, -0.15) is 9.36 Å². The topological polar surface area (TPSA) is 61.4 Å². The fourth-order valence-corrected chi connectivity index (χ4v) is 4.31. The van der Waals surface area contributed by atoms with Crippen LogP contribution in [-0.4, -0.2) is 63.2 Å². The molecule has 2 fully saturated rings. The van der Waals surface area contributed by atoms with Crippen LogP contribution in [0.15, 0.2) is 5.16 Å². The zero-order valence-electron chi connectivity index (χ0n) is 12.4. The second-order valence-corrected chi connectivity index (χ2v) is 7.05. The molecule has 0 radical (unpaired) electrons. The molecule has 3 rings (SSSR count). The van der Waals surface area contributed by atoms with Gasteiger partial charge < -0.3 is 4.90 Å². The number of nitrogens with one attached hydrogen (secondary N) is 1. The summed E-state index contributed by atoms with van der Waals surface area (Å²) in [5.74, 6) is 0. The zero-order chi connectivity index (χ0) is 14.8. The third-order valence-corrected chi connectivity index (χ3v) is 5.62. The first-order chi connectivity index (χ1) is 10.2. The van der Waals surface area contributed by atoms with Crippen LogP contribution in [0.1, 0.15) is 26.2 Å². The predicted octanol–water partition coefficient (Wildman–Crippen LogP) is 2.35. The van der Waals surface area contributed by atoms with Gasteiger partial charge in [0.15, 0.2) is 0 Å². The van der Waals surface area contributed by atoms with E-state index in [0.29, 0.717) is 22.4 Å². The average Bonchev–Trinajstić information content (AvgIpc) is 3.13. The highest BCUT2D eigenvalue weighted by atomic mass is 32.2. The van der Waals surface area contributed by atoms with E-state index in [1.165, 1.54) is 42.7 Å². The first-order valence-corrected chi connectivity index (χ1v) is 9.40. The van der Waals surface area contributed by atoms with E-state index < -0.39 is 0 Å². The molecular weight excluding hydrogens is 306 g/mol. The van der Waals surface area contributed by atoms with Crippen LogP contribution in [0, 0.1) is 0 Å². The van der Waals surface area contributed by atoms with Gasteiger partial charge in [0.2, 0.25) is 10.3 Å². The van der Waals surface area contributed by atoms with Crippen molar-refractivity contribution in [2.24, 2.45) is 0 Å². The molecule has 6 nitrogen and oxygen atoms in total. The zero-order valence-corrected chi connectivity index (χ0v) is 14.0. The van der Waals surface area contributed by atoms with E-state index in [9.17, 15) is 4.79 Å². The number of hydrogen-bond acceptors (Lipinski definition) is 6. The molecule has 2 atom stereocenters. The quantitative estimate of drug-likeness (QED) is 0.864. The molecule has 0 spiro atoms. The van der Waals surface area contributed by atoms with Crippen LogP contribution in [-0.2, 0) is 0 Å². The molecule has 2 aliphatic rings. The lowest BCUT2D eigenvalue weighted by Gasteiger charge is -2.43. The van der Waals surface area contributed by atoms with E-state index >= 15 is 0 Å². The van der Waals surface area contributed by atoms with Crippen molar-refractivity contribution in [3.8, 4) is 0 Å². The molecule has 2 aliphatic heterocycles. The molecule has 0 saturated carbocycles. The van der Waals surface area contributed by atoms with Gasteiger partial charge in [0.25, 0.3) is 0 Å². The fourth-order valence-electron chi connectivity index (χ4n) is 3.19. The van der Waals surface area contributed by atoms with E-state index in [-0.39, 0.29) is 6.03 Å². The Hall–Kier alpha value is -0.860. The number of amides is 2. The summed E-state index contributed by atoms with van der Waals surface area (Å²) in [6, 6.07) is 0.805. The smallest absolute Gasteiger partial charge is 0.319 e. The van der Waals surface area contributed by atoms with Crippen molar-refractivity contribution < 1.29 is 4.79 Å². The largest absolute Gasteiger partial charge is 0.324 e. The Kier molecular flexibility index (Phi) is 4.66. The Labute approximate surface area is 133 Å². The van der Waals surface area contributed by atoms with Crippen LogP contribution in [0.2, 0.25) is 0 Å². The van der Waals surface area contributed by atoms with Gasteiger partial charge >= 0.3 is 6.03 Å². The number of anilines is 1. The summed E-state index contributed by atoms with van der Waals surface area (Å²) in [7, 11) is 0. The van der Waals surface area contributed by atoms with Gasteiger partial charge in [-0.25, -0.2) is 4.79 Å². The number of thioether (sulfide) groups is 1. The number of carbonyl (C=O) groups excluding carboxylic acids is 1. The molecular formula is C13H21N5OS2. The van der Waals surface area contributed by atoms with Crippen LogP contribution < -0.4 is 5.32 Å². The summed E-state index contributed by atoms with van der Waals surface area (Å²) >= 11 is 2.73. The number of piperazine rings is 1. The maximum atomic E-state index is 12.6. The Balaban J connectivity index is 1.67. The van der Waals surface area contributed by atoms with E-state index in [1.54, 1.807) is 0 Å². The van der Waals surface area contributed by atoms with Crippen molar-refractivity contribution in [1.82, 2.24) is 19.2 Å². The Morgan fingerprint density at radius 3 is 3.10 bits per heavy atom. The lowest BCUT2D eigenvalue weighted by Crippen LogP contribution is -2.58. The molecule has 3 heterocycles. The minimum absolute atomic E-state index is 0.0304. The highest BCUT2D eigenvalue weighted by Gasteiger charge is 2.37. The number of rotatable bonds is 3. The summed E-state index contributed by atoms with van der Waals surface area (Å²) in [6.45, 7) is 5.17. The van der Waals surface area contributed by atoms with Gasteiger partial charge in [-0.05, 0) is 32.1 Å². The number of nitrogens with zero attached hydrogens (tertiary/aromatic N) is 4. The lowest BCUT2D eigenvalue weighted by atomic mass is 10.1. The van der Waals surface area contributed by atoms with Gasteiger partial charge in [0.1, 0.15) is 0 Å². The highest BCUT2D eigenvalue weighted by molar-refractivity contribution is 7.98. The van der Waals surface area contributed by atoms with Crippen LogP contribution in [0.3, 0.4) is 0 Å². The molecule has 2 amide bonds. The maximum absolute atomic E-state index is 12.6. The summed E-state index contributed by atoms with van der Waals surface area (Å²) in [6.07, 6.45) is 5.38. The molecule has 0 aliphatic carbocycles. The molecule has 1 N–H and O–H groups in total. The summed E-state index contributed by atoms with van der Waals surface area (Å²) < 4.78 is 4.18. The first-order valence-electron chi connectivity index (χ1n) is 7.40. The van der Waals surface area contributed by atoms with E-state index in [1.807, 2.05) is 11.2 Å². The molecule has 21 heavy (non-hydrogen) atoms. The summed E-state index contributed by atoms with van der Waals surface area (Å²) in [5.41, 5.74) is 0. The number of hydrogen-bond donors (Lipinski definition) is 1. The number of urea groups is 1. The van der Waals surface area contributed by atoms with E-state index in [0.717, 1.165) is 19.5 Å². The normalized spacial score (nSPS) is 25.9. The monoisotopic (exact) mass is 327 g/mol. The van der Waals surface area contributed by atoms with Crippen molar-refractivity contribution in [2.45, 2.75) is 43.4 Å². The van der Waals surface area contributed by atoms with Crippen molar-refractivity contribution in [3.05, 3.63) is 0 Å². The van der Waals surface area contributed by atoms with Gasteiger partial charge in [0.05, 0.1) is 0 Å². The van der Waals surface area contributed by atoms with Crippen LogP contribution >= 0.6 is 23.3 Å². The molecule has 0 bridgehead atoms. The third kappa shape index (κ3) is 3.17. The molecule has 2 saturated heterocycles. The number of carbonyl (C=O) groups is 1. The Bertz CT molecular complexity index is 509. The molecule has 0 aromatic carbocycles. The summed E-state index contributed by atoms with van der Waals surface area (Å²) in [5, 5.41) is 4.21. The fraction of sp³-hybridized carbons (Fsp3) is 0.769. The van der Waals surface area contributed by atoms with Gasteiger partial charge in [-0.3, -0.25) is 10.2 Å². The SMILES string of the molecule is CC[C@@H]1CN2CCC[C@@H]2CN1C(=O)Nc1nc(SC)ns1. The Morgan fingerprint density at radius 2 is 2.38 bits per heavy atom. The molecule has 1 aromatic rings. The highest BCUT2D eigenvalue weighted by Crippen LogP contribution is 2.27. The minimum Gasteiger partial charge on any atom is -0.319 e. The van der Waals surface area contributed by atoms with Crippen molar-refractivity contribution >= 4 is 34.5 Å². The first kappa shape index (κ1) is 15.1. The Morgan fingerprint density at radius 1 is 1.52 bits per heavy atom. The van der Waals surface area contributed by atoms with Crippen LogP contribution in [0.4, 0.5) is 9.93 Å². The standard InChI is InChI=1S/C13H21N5OS2/c1-3-9-7-17-6-4-5-10(17)8-18(9)13(19)15-11-14-12(20-2)16-21-11/h9-10H,3-8H2,1-2H3,(H,14,15,16,19)/t9-,10-/m1/s1. The molecule has 116 valence electrons. The second-order valence-electron chi connectivity index (χ2n) is 5.52. The van der Waals surface area contributed by atoms with Crippen molar-refractivity contribution in [2.75, 3.05) is 31.2 Å². The average molecular weight is 327 g/mol. The van der Waals surface area contributed by atoms with Gasteiger partial charge in [-0.1, -0.05) is 18.7 Å². The van der Waals surface area contributed by atoms with Gasteiger partial charge in [-0.15, -0.1) is 0 Å². The summed E-state index contributed by atoms with van der Waals surface area (Å²) in [4.78, 5) is 21.4. The molecule has 8 heteroatoms. The van der Waals surface area contributed by atoms with Crippen molar-refractivity contribution in [1.29, 1.82) is 0 Å². The maximum Gasteiger partial charge on any atom is 0.324 e.